The largest absolute Gasteiger partial charge is 0.377 e. The van der Waals surface area contributed by atoms with Gasteiger partial charge in [0.15, 0.2) is 5.82 Å². The molecule has 8 nitrogen and oxygen atoms in total. The number of fused-ring (bicyclic) bond motifs is 1. The van der Waals surface area contributed by atoms with Gasteiger partial charge in [0.2, 0.25) is 11.7 Å². The number of hydrogen-bond acceptors (Lipinski definition) is 7. The van der Waals surface area contributed by atoms with Crippen LogP contribution in [0.3, 0.4) is 0 Å². The van der Waals surface area contributed by atoms with E-state index in [-0.39, 0.29) is 5.82 Å². The van der Waals surface area contributed by atoms with E-state index in [1.807, 2.05) is 0 Å². The van der Waals surface area contributed by atoms with Gasteiger partial charge in [-0.25, -0.2) is 19.0 Å². The number of nitrogens with zero attached hydrogens (tertiary/aromatic N) is 6. The van der Waals surface area contributed by atoms with Crippen molar-refractivity contribution in [2.24, 2.45) is 0 Å². The molecule has 1 N–H and O–H groups in total. The highest BCUT2D eigenvalue weighted by atomic mass is 19.1. The maximum absolute atomic E-state index is 13.5. The van der Waals surface area contributed by atoms with Crippen LogP contribution in [0, 0.1) is 13.8 Å². The number of alkyl halides is 1. The molecule has 0 radical (unpaired) electrons. The summed E-state index contributed by atoms with van der Waals surface area (Å²) in [4.78, 5) is 12.6. The highest BCUT2D eigenvalue weighted by molar-refractivity contribution is 5.84. The SMILES string of the molecule is Cc1nccc(-n2nc(CF)c3ccc([C@@](C)(O)c4noc(C)n4)cc32)n1. The van der Waals surface area contributed by atoms with Crippen LogP contribution in [0.4, 0.5) is 4.39 Å². The van der Waals surface area contributed by atoms with Gasteiger partial charge in [-0.1, -0.05) is 17.3 Å². The van der Waals surface area contributed by atoms with Crippen molar-refractivity contribution in [2.75, 3.05) is 0 Å². The van der Waals surface area contributed by atoms with Gasteiger partial charge >= 0.3 is 0 Å². The van der Waals surface area contributed by atoms with Gasteiger partial charge < -0.3 is 9.63 Å². The van der Waals surface area contributed by atoms with Gasteiger partial charge in [-0.2, -0.15) is 10.1 Å². The van der Waals surface area contributed by atoms with Gasteiger partial charge in [0.05, 0.1) is 5.52 Å². The molecule has 0 aliphatic rings. The maximum Gasteiger partial charge on any atom is 0.223 e. The van der Waals surface area contributed by atoms with Crippen LogP contribution in [0.1, 0.15) is 35.7 Å². The molecule has 0 aliphatic carbocycles. The second kappa shape index (κ2) is 6.20. The van der Waals surface area contributed by atoms with Crippen molar-refractivity contribution in [3.05, 3.63) is 59.3 Å². The lowest BCUT2D eigenvalue weighted by Gasteiger charge is -2.20. The minimum atomic E-state index is -1.49. The zero-order chi connectivity index (χ0) is 19.2. The highest BCUT2D eigenvalue weighted by Gasteiger charge is 2.32. The van der Waals surface area contributed by atoms with Crippen LogP contribution in [0.5, 0.6) is 0 Å². The first-order chi connectivity index (χ1) is 12.9. The molecule has 0 bridgehead atoms. The van der Waals surface area contributed by atoms with Crippen molar-refractivity contribution in [2.45, 2.75) is 33.0 Å². The number of aliphatic hydroxyl groups is 1. The van der Waals surface area contributed by atoms with Crippen molar-refractivity contribution in [1.29, 1.82) is 0 Å². The van der Waals surface area contributed by atoms with Crippen molar-refractivity contribution < 1.29 is 14.0 Å². The Balaban J connectivity index is 1.92. The molecule has 4 aromatic rings. The van der Waals surface area contributed by atoms with E-state index in [9.17, 15) is 9.50 Å². The quantitative estimate of drug-likeness (QED) is 0.590. The third kappa shape index (κ3) is 2.85. The van der Waals surface area contributed by atoms with Crippen LogP contribution in [0.2, 0.25) is 0 Å². The molecule has 0 spiro atoms. The van der Waals surface area contributed by atoms with Crippen LogP contribution in [0.15, 0.2) is 35.0 Å². The van der Waals surface area contributed by atoms with Gasteiger partial charge in [-0.3, -0.25) is 0 Å². The molecule has 27 heavy (non-hydrogen) atoms. The number of aryl methyl sites for hydroxylation is 2. The average Bonchev–Trinajstić information content (AvgIpc) is 3.25. The molecule has 3 heterocycles. The van der Waals surface area contributed by atoms with Crippen molar-refractivity contribution in [1.82, 2.24) is 29.9 Å². The average molecular weight is 368 g/mol. The number of aromatic nitrogens is 6. The molecule has 0 aliphatic heterocycles. The standard InChI is InChI=1S/C18H17FN6O2/c1-10-20-7-6-16(21-10)25-15-8-12(4-5-13(15)14(9-19)23-25)18(3,26)17-22-11(2)27-24-17/h4-8,26H,9H2,1-3H3/t18-/m1/s1. The molecule has 0 saturated carbocycles. The third-order valence-electron chi connectivity index (χ3n) is 4.39. The maximum atomic E-state index is 13.5. The van der Waals surface area contributed by atoms with E-state index in [2.05, 4.69) is 25.2 Å². The second-order valence-electron chi connectivity index (χ2n) is 6.40. The van der Waals surface area contributed by atoms with Crippen LogP contribution in [-0.2, 0) is 12.3 Å². The number of benzene rings is 1. The minimum Gasteiger partial charge on any atom is -0.377 e. The first kappa shape index (κ1) is 17.2. The van der Waals surface area contributed by atoms with Crippen LogP contribution in [-0.4, -0.2) is 35.0 Å². The highest BCUT2D eigenvalue weighted by Crippen LogP contribution is 2.31. The van der Waals surface area contributed by atoms with E-state index in [1.54, 1.807) is 55.9 Å². The number of hydrogen-bond donors (Lipinski definition) is 1. The first-order valence-corrected chi connectivity index (χ1v) is 8.31. The summed E-state index contributed by atoms with van der Waals surface area (Å²) in [5.74, 6) is 1.59. The van der Waals surface area contributed by atoms with Gasteiger partial charge in [0.1, 0.15) is 23.8 Å². The van der Waals surface area contributed by atoms with E-state index in [0.29, 0.717) is 39.7 Å². The van der Waals surface area contributed by atoms with E-state index >= 15 is 0 Å². The summed E-state index contributed by atoms with van der Waals surface area (Å²) < 4.78 is 20.0. The number of halogens is 1. The predicted molar refractivity (Wildman–Crippen MR) is 93.9 cm³/mol. The summed E-state index contributed by atoms with van der Waals surface area (Å²) >= 11 is 0. The van der Waals surface area contributed by atoms with Crippen molar-refractivity contribution in [3.63, 3.8) is 0 Å². The summed E-state index contributed by atoms with van der Waals surface area (Å²) in [6.07, 6.45) is 1.61. The Bertz CT molecular complexity index is 1130. The fraction of sp³-hybridized carbons (Fsp3) is 0.278. The molecule has 9 heteroatoms. The summed E-state index contributed by atoms with van der Waals surface area (Å²) in [6, 6.07) is 6.84. The lowest BCUT2D eigenvalue weighted by molar-refractivity contribution is 0.0893. The fourth-order valence-corrected chi connectivity index (χ4v) is 2.94. The minimum absolute atomic E-state index is 0.147. The molecule has 138 valence electrons. The van der Waals surface area contributed by atoms with E-state index in [4.69, 9.17) is 4.52 Å². The summed E-state index contributed by atoms with van der Waals surface area (Å²) in [5, 5.41) is 19.8. The lowest BCUT2D eigenvalue weighted by atomic mass is 9.94. The predicted octanol–water partition coefficient (Wildman–Crippen LogP) is 2.54. The molecule has 4 rings (SSSR count). The Labute approximate surface area is 153 Å². The molecule has 3 aromatic heterocycles. The topological polar surface area (TPSA) is 103 Å². The zero-order valence-corrected chi connectivity index (χ0v) is 15.0. The van der Waals surface area contributed by atoms with Crippen LogP contribution in [0.25, 0.3) is 16.7 Å². The monoisotopic (exact) mass is 368 g/mol. The summed E-state index contributed by atoms with van der Waals surface area (Å²) in [5.41, 5.74) is -0.0619. The molecule has 0 fully saturated rings. The van der Waals surface area contributed by atoms with Gasteiger partial charge in [0.25, 0.3) is 0 Å². The van der Waals surface area contributed by atoms with E-state index < -0.39 is 12.3 Å². The fourth-order valence-electron chi connectivity index (χ4n) is 2.94. The Morgan fingerprint density at radius 3 is 2.70 bits per heavy atom. The molecule has 1 aromatic carbocycles. The van der Waals surface area contributed by atoms with Crippen molar-refractivity contribution >= 4 is 10.9 Å². The summed E-state index contributed by atoms with van der Waals surface area (Å²) in [7, 11) is 0. The van der Waals surface area contributed by atoms with Crippen molar-refractivity contribution in [3.8, 4) is 5.82 Å². The normalized spacial score (nSPS) is 13.8. The van der Waals surface area contributed by atoms with E-state index in [1.165, 1.54) is 0 Å². The zero-order valence-electron chi connectivity index (χ0n) is 15.0. The molecule has 1 atom stereocenters. The molecule has 0 amide bonds. The summed E-state index contributed by atoms with van der Waals surface area (Å²) in [6.45, 7) is 4.27. The molecule has 0 unspecified atom stereocenters. The second-order valence-corrected chi connectivity index (χ2v) is 6.40. The molecular weight excluding hydrogens is 351 g/mol. The Morgan fingerprint density at radius 2 is 2.04 bits per heavy atom. The van der Waals surface area contributed by atoms with Gasteiger partial charge in [-0.15, -0.1) is 0 Å². The Morgan fingerprint density at radius 1 is 1.22 bits per heavy atom. The Hall–Kier alpha value is -3.20. The molecule has 0 saturated heterocycles. The van der Waals surface area contributed by atoms with Crippen LogP contribution < -0.4 is 0 Å². The van der Waals surface area contributed by atoms with Crippen LogP contribution >= 0.6 is 0 Å². The number of rotatable bonds is 4. The third-order valence-corrected chi connectivity index (χ3v) is 4.39. The Kier molecular flexibility index (Phi) is 3.96. The van der Waals surface area contributed by atoms with E-state index in [0.717, 1.165) is 0 Å². The van der Waals surface area contributed by atoms with Gasteiger partial charge in [0, 0.05) is 24.6 Å². The smallest absolute Gasteiger partial charge is 0.223 e. The molecular formula is C18H17FN6O2. The van der Waals surface area contributed by atoms with Gasteiger partial charge in [-0.05, 0) is 25.5 Å². The first-order valence-electron chi connectivity index (χ1n) is 8.31. The lowest BCUT2D eigenvalue weighted by Crippen LogP contribution is -2.24.